The second-order valence-corrected chi connectivity index (χ2v) is 6.62. The van der Waals surface area contributed by atoms with E-state index in [1.807, 2.05) is 4.72 Å². The van der Waals surface area contributed by atoms with Gasteiger partial charge in [-0.05, 0) is 17.7 Å². The second-order valence-electron chi connectivity index (χ2n) is 4.58. The zero-order valence-corrected chi connectivity index (χ0v) is 12.5. The summed E-state index contributed by atoms with van der Waals surface area (Å²) in [5.74, 6) is 0. The van der Waals surface area contributed by atoms with E-state index in [0.717, 1.165) is 5.56 Å². The molecule has 110 valence electrons. The maximum absolute atomic E-state index is 12.0. The Kier molecular flexibility index (Phi) is 3.14. The highest BCUT2D eigenvalue weighted by atomic mass is 35.5. The van der Waals surface area contributed by atoms with Crippen LogP contribution in [0.4, 0.5) is 10.5 Å². The van der Waals surface area contributed by atoms with E-state index in [2.05, 4.69) is 5.10 Å². The van der Waals surface area contributed by atoms with Gasteiger partial charge in [-0.15, -0.1) is 0 Å². The van der Waals surface area contributed by atoms with Crippen molar-refractivity contribution in [2.45, 2.75) is 11.6 Å². The lowest BCUT2D eigenvalue weighted by atomic mass is 10.2. The molecule has 0 saturated heterocycles. The van der Waals surface area contributed by atoms with Crippen molar-refractivity contribution in [3.05, 3.63) is 41.0 Å². The molecule has 2 aromatic rings. The van der Waals surface area contributed by atoms with Crippen LogP contribution in [0.3, 0.4) is 0 Å². The number of anilines is 1. The van der Waals surface area contributed by atoms with Gasteiger partial charge in [0, 0.05) is 12.1 Å². The van der Waals surface area contributed by atoms with Crippen LogP contribution in [0.15, 0.2) is 35.5 Å². The molecule has 2 heterocycles. The second kappa shape index (κ2) is 4.74. The first-order chi connectivity index (χ1) is 9.88. The van der Waals surface area contributed by atoms with Gasteiger partial charge >= 0.3 is 6.03 Å². The number of fused-ring (bicyclic) bond motifs is 1. The SMILES string of the molecule is Cn1ncc2c1S(=O)(=O)NC(=O)N2Cc1ccc(Cl)cc1. The van der Waals surface area contributed by atoms with Gasteiger partial charge in [0.25, 0.3) is 10.0 Å². The molecule has 0 aliphatic carbocycles. The highest BCUT2D eigenvalue weighted by Gasteiger charge is 2.37. The van der Waals surface area contributed by atoms with Crippen molar-refractivity contribution in [1.29, 1.82) is 0 Å². The summed E-state index contributed by atoms with van der Waals surface area (Å²) in [5, 5.41) is 4.47. The molecule has 21 heavy (non-hydrogen) atoms. The Morgan fingerprint density at radius 1 is 1.29 bits per heavy atom. The highest BCUT2D eigenvalue weighted by molar-refractivity contribution is 7.90. The van der Waals surface area contributed by atoms with Crippen LogP contribution in [0.1, 0.15) is 5.56 Å². The van der Waals surface area contributed by atoms with Crippen molar-refractivity contribution < 1.29 is 13.2 Å². The van der Waals surface area contributed by atoms with Crippen LogP contribution in [0.2, 0.25) is 5.02 Å². The van der Waals surface area contributed by atoms with E-state index < -0.39 is 16.1 Å². The maximum Gasteiger partial charge on any atom is 0.336 e. The van der Waals surface area contributed by atoms with E-state index in [0.29, 0.717) is 5.02 Å². The zero-order chi connectivity index (χ0) is 15.2. The first-order valence-electron chi connectivity index (χ1n) is 5.99. The van der Waals surface area contributed by atoms with E-state index in [-0.39, 0.29) is 17.3 Å². The number of amides is 2. The van der Waals surface area contributed by atoms with Gasteiger partial charge < -0.3 is 0 Å². The van der Waals surface area contributed by atoms with E-state index in [9.17, 15) is 13.2 Å². The number of urea groups is 1. The lowest BCUT2D eigenvalue weighted by Gasteiger charge is -2.27. The number of hydrogen-bond acceptors (Lipinski definition) is 4. The molecule has 0 spiro atoms. The lowest BCUT2D eigenvalue weighted by Crippen LogP contribution is -2.47. The number of carbonyl (C=O) groups is 1. The normalized spacial score (nSPS) is 16.5. The Balaban J connectivity index is 2.03. The minimum atomic E-state index is -3.87. The van der Waals surface area contributed by atoms with Crippen LogP contribution in [0.25, 0.3) is 0 Å². The quantitative estimate of drug-likeness (QED) is 0.906. The number of carbonyl (C=O) groups excluding carboxylic acids is 1. The molecule has 7 nitrogen and oxygen atoms in total. The van der Waals surface area contributed by atoms with Crippen LogP contribution in [-0.2, 0) is 23.6 Å². The molecule has 0 bridgehead atoms. The van der Waals surface area contributed by atoms with Gasteiger partial charge in [-0.1, -0.05) is 23.7 Å². The third-order valence-corrected chi connectivity index (χ3v) is 4.81. The number of benzene rings is 1. The van der Waals surface area contributed by atoms with Gasteiger partial charge in [-0.2, -0.15) is 13.5 Å². The summed E-state index contributed by atoms with van der Waals surface area (Å²) < 4.78 is 27.2. The summed E-state index contributed by atoms with van der Waals surface area (Å²) >= 11 is 5.82. The predicted octanol–water partition coefficient (Wildman–Crippen LogP) is 1.49. The third-order valence-electron chi connectivity index (χ3n) is 3.13. The van der Waals surface area contributed by atoms with E-state index in [4.69, 9.17) is 11.6 Å². The van der Waals surface area contributed by atoms with Gasteiger partial charge in [-0.3, -0.25) is 9.58 Å². The number of sulfonamides is 1. The minimum absolute atomic E-state index is 0.0314. The van der Waals surface area contributed by atoms with Crippen LogP contribution in [-0.4, -0.2) is 24.2 Å². The molecule has 0 unspecified atom stereocenters. The Labute approximate surface area is 126 Å². The highest BCUT2D eigenvalue weighted by Crippen LogP contribution is 2.29. The predicted molar refractivity (Wildman–Crippen MR) is 76.6 cm³/mol. The topological polar surface area (TPSA) is 84.3 Å². The van der Waals surface area contributed by atoms with Crippen molar-refractivity contribution in [1.82, 2.24) is 14.5 Å². The van der Waals surface area contributed by atoms with Crippen molar-refractivity contribution >= 4 is 33.3 Å². The third kappa shape index (κ3) is 2.36. The molecule has 0 saturated carbocycles. The lowest BCUT2D eigenvalue weighted by molar-refractivity contribution is 0.250. The molecule has 2 amide bonds. The molecule has 9 heteroatoms. The number of nitrogens with one attached hydrogen (secondary N) is 1. The Morgan fingerprint density at radius 2 is 1.95 bits per heavy atom. The molecule has 0 atom stereocenters. The number of rotatable bonds is 2. The first kappa shape index (κ1) is 13.9. The maximum atomic E-state index is 12.0. The average Bonchev–Trinajstić information content (AvgIpc) is 2.79. The first-order valence-corrected chi connectivity index (χ1v) is 7.85. The number of hydrogen-bond donors (Lipinski definition) is 1. The van der Waals surface area contributed by atoms with Crippen molar-refractivity contribution in [3.8, 4) is 0 Å². The van der Waals surface area contributed by atoms with Gasteiger partial charge in [0.15, 0.2) is 5.03 Å². The van der Waals surface area contributed by atoms with Crippen LogP contribution >= 0.6 is 11.6 Å². The van der Waals surface area contributed by atoms with Crippen molar-refractivity contribution in [2.24, 2.45) is 7.05 Å². The number of aromatic nitrogens is 2. The number of halogens is 1. The van der Waals surface area contributed by atoms with Crippen LogP contribution in [0.5, 0.6) is 0 Å². The summed E-state index contributed by atoms with van der Waals surface area (Å²) in [6.45, 7) is 0.219. The Morgan fingerprint density at radius 3 is 2.62 bits per heavy atom. The molecule has 1 N–H and O–H groups in total. The fourth-order valence-electron chi connectivity index (χ4n) is 2.17. The number of aryl methyl sites for hydroxylation is 1. The van der Waals surface area contributed by atoms with Gasteiger partial charge in [0.05, 0.1) is 12.7 Å². The molecule has 3 rings (SSSR count). The number of nitrogens with zero attached hydrogens (tertiary/aromatic N) is 3. The molecule has 0 fully saturated rings. The fourth-order valence-corrected chi connectivity index (χ4v) is 3.56. The summed E-state index contributed by atoms with van der Waals surface area (Å²) in [7, 11) is -2.36. The minimum Gasteiger partial charge on any atom is -0.285 e. The molecule has 1 aliphatic rings. The fraction of sp³-hybridized carbons (Fsp3) is 0.167. The average molecular weight is 327 g/mol. The van der Waals surface area contributed by atoms with E-state index >= 15 is 0 Å². The van der Waals surface area contributed by atoms with Crippen LogP contribution < -0.4 is 9.62 Å². The molecular weight excluding hydrogens is 316 g/mol. The smallest absolute Gasteiger partial charge is 0.285 e. The summed E-state index contributed by atoms with van der Waals surface area (Å²) in [6.07, 6.45) is 1.36. The monoisotopic (exact) mass is 326 g/mol. The molecular formula is C12H11ClN4O3S. The van der Waals surface area contributed by atoms with Gasteiger partial charge in [0.1, 0.15) is 5.69 Å². The molecule has 1 aromatic carbocycles. The zero-order valence-electron chi connectivity index (χ0n) is 10.9. The van der Waals surface area contributed by atoms with Crippen molar-refractivity contribution in [3.63, 3.8) is 0 Å². The molecule has 0 radical (unpaired) electrons. The van der Waals surface area contributed by atoms with E-state index in [1.165, 1.54) is 22.8 Å². The van der Waals surface area contributed by atoms with Gasteiger partial charge in [0.2, 0.25) is 0 Å². The summed E-state index contributed by atoms with van der Waals surface area (Å²) in [6, 6.07) is 6.26. The molecule has 1 aromatic heterocycles. The standard InChI is InChI=1S/C12H11ClN4O3S/c1-16-11-10(6-14-16)17(12(18)15-21(11,19)20)7-8-2-4-9(13)5-3-8/h2-6H,7H2,1H3,(H,15,18). The Bertz CT molecular complexity index is 814. The van der Waals surface area contributed by atoms with E-state index in [1.54, 1.807) is 24.3 Å². The molecule has 1 aliphatic heterocycles. The van der Waals surface area contributed by atoms with Crippen molar-refractivity contribution in [2.75, 3.05) is 4.90 Å². The van der Waals surface area contributed by atoms with Gasteiger partial charge in [-0.25, -0.2) is 9.52 Å². The largest absolute Gasteiger partial charge is 0.336 e. The summed E-state index contributed by atoms with van der Waals surface area (Å²) in [4.78, 5) is 13.4. The van der Waals surface area contributed by atoms with Crippen LogP contribution in [0, 0.1) is 0 Å². The summed E-state index contributed by atoms with van der Waals surface area (Å²) in [5.41, 5.74) is 1.08. The Hall–Kier alpha value is -2.06.